The molecule has 3 rings (SSSR count). The first-order valence-electron chi connectivity index (χ1n) is 9.57. The highest BCUT2D eigenvalue weighted by Gasteiger charge is 2.23. The minimum absolute atomic E-state index is 0.0595. The molecule has 2 aromatic rings. The summed E-state index contributed by atoms with van der Waals surface area (Å²) in [5.41, 5.74) is 5.84. The fourth-order valence-electron chi connectivity index (χ4n) is 3.21. The molecule has 1 saturated heterocycles. The van der Waals surface area contributed by atoms with Crippen LogP contribution in [-0.4, -0.2) is 66.9 Å². The number of ether oxygens (including phenoxy) is 1. The molecule has 31 heavy (non-hydrogen) atoms. The maximum atomic E-state index is 12.6. The van der Waals surface area contributed by atoms with Crippen molar-refractivity contribution >= 4 is 34.1 Å². The Morgan fingerprint density at radius 1 is 1.16 bits per heavy atom. The van der Waals surface area contributed by atoms with Crippen LogP contribution in [0.3, 0.4) is 0 Å². The molecule has 0 aliphatic carbocycles. The van der Waals surface area contributed by atoms with E-state index in [1.54, 1.807) is 22.4 Å². The van der Waals surface area contributed by atoms with Gasteiger partial charge in [-0.1, -0.05) is 6.07 Å². The van der Waals surface area contributed by atoms with Crippen molar-refractivity contribution in [3.63, 3.8) is 0 Å². The zero-order valence-electron chi connectivity index (χ0n) is 16.6. The fraction of sp³-hybridized carbons (Fsp3) is 0.350. The van der Waals surface area contributed by atoms with Crippen LogP contribution in [0.4, 0.5) is 13.8 Å². The van der Waals surface area contributed by atoms with E-state index in [-0.39, 0.29) is 35.1 Å². The maximum Gasteiger partial charge on any atom is 0.387 e. The lowest BCUT2D eigenvalue weighted by Crippen LogP contribution is -2.49. The van der Waals surface area contributed by atoms with Gasteiger partial charge in [-0.15, -0.1) is 11.3 Å². The number of piperazine rings is 1. The predicted octanol–water partition coefficient (Wildman–Crippen LogP) is 2.24. The van der Waals surface area contributed by atoms with Gasteiger partial charge in [0.2, 0.25) is 5.91 Å². The lowest BCUT2D eigenvalue weighted by Gasteiger charge is -2.34. The van der Waals surface area contributed by atoms with Crippen molar-refractivity contribution in [2.24, 2.45) is 5.73 Å². The van der Waals surface area contributed by atoms with Crippen molar-refractivity contribution in [2.75, 3.05) is 38.0 Å². The normalized spacial score (nSPS) is 14.5. The average Bonchev–Trinajstić information content (AvgIpc) is 3.20. The van der Waals surface area contributed by atoms with E-state index in [1.807, 2.05) is 0 Å². The molecule has 0 saturated carbocycles. The van der Waals surface area contributed by atoms with Gasteiger partial charge in [-0.2, -0.15) is 8.78 Å². The SMILES string of the molecule is NC(=O)c1ccsc1NC(=O)CCN1CCN(C(=O)c2cccc(OC(F)F)c2)CC1. The number of carbonyl (C=O) groups excluding carboxylic acids is 3. The molecule has 0 atom stereocenters. The number of carbonyl (C=O) groups is 3. The fourth-order valence-corrected chi connectivity index (χ4v) is 4.02. The molecule has 1 fully saturated rings. The van der Waals surface area contributed by atoms with E-state index in [2.05, 4.69) is 15.0 Å². The number of halogens is 2. The molecule has 2 heterocycles. The lowest BCUT2D eigenvalue weighted by molar-refractivity contribution is -0.116. The van der Waals surface area contributed by atoms with E-state index in [0.717, 1.165) is 0 Å². The van der Waals surface area contributed by atoms with E-state index < -0.39 is 12.5 Å². The third-order valence-electron chi connectivity index (χ3n) is 4.80. The molecule has 166 valence electrons. The van der Waals surface area contributed by atoms with E-state index in [4.69, 9.17) is 5.73 Å². The Hall–Kier alpha value is -3.05. The molecular weight excluding hydrogens is 430 g/mol. The first-order valence-corrected chi connectivity index (χ1v) is 10.4. The Labute approximate surface area is 181 Å². The van der Waals surface area contributed by atoms with Crippen LogP contribution in [0.2, 0.25) is 0 Å². The summed E-state index contributed by atoms with van der Waals surface area (Å²) >= 11 is 1.23. The number of thiophene rings is 1. The van der Waals surface area contributed by atoms with Crippen molar-refractivity contribution in [1.82, 2.24) is 9.80 Å². The van der Waals surface area contributed by atoms with E-state index >= 15 is 0 Å². The molecule has 0 bridgehead atoms. The minimum atomic E-state index is -2.95. The molecule has 3 N–H and O–H groups in total. The highest BCUT2D eigenvalue weighted by molar-refractivity contribution is 7.14. The largest absolute Gasteiger partial charge is 0.435 e. The first kappa shape index (κ1) is 22.6. The summed E-state index contributed by atoms with van der Waals surface area (Å²) in [7, 11) is 0. The summed E-state index contributed by atoms with van der Waals surface area (Å²) < 4.78 is 29.1. The van der Waals surface area contributed by atoms with Gasteiger partial charge >= 0.3 is 6.61 Å². The number of amides is 3. The van der Waals surface area contributed by atoms with Crippen LogP contribution in [-0.2, 0) is 4.79 Å². The summed E-state index contributed by atoms with van der Waals surface area (Å²) in [4.78, 5) is 39.8. The van der Waals surface area contributed by atoms with E-state index in [1.165, 1.54) is 29.5 Å². The summed E-state index contributed by atoms with van der Waals surface area (Å²) in [6.07, 6.45) is 0.233. The highest BCUT2D eigenvalue weighted by Crippen LogP contribution is 2.23. The van der Waals surface area contributed by atoms with Crippen LogP contribution in [0.15, 0.2) is 35.7 Å². The second kappa shape index (κ2) is 10.3. The zero-order chi connectivity index (χ0) is 22.4. The Bertz CT molecular complexity index is 945. The van der Waals surface area contributed by atoms with Gasteiger partial charge in [0, 0.05) is 44.7 Å². The number of rotatable bonds is 8. The number of primary amides is 1. The third kappa shape index (κ3) is 6.22. The van der Waals surface area contributed by atoms with Crippen molar-refractivity contribution in [3.8, 4) is 5.75 Å². The standard InChI is InChI=1S/C20H22F2N4O4S/c21-20(22)30-14-3-1-2-13(12-14)19(29)26-9-7-25(8-10-26)6-4-16(27)24-18-15(17(23)28)5-11-31-18/h1-3,5,11-12,20H,4,6-10H2,(H2,23,28)(H,24,27). The van der Waals surface area contributed by atoms with Gasteiger partial charge in [0.25, 0.3) is 11.8 Å². The number of hydrogen-bond donors (Lipinski definition) is 2. The number of alkyl halides is 2. The van der Waals surface area contributed by atoms with Crippen molar-refractivity contribution in [1.29, 1.82) is 0 Å². The average molecular weight is 452 g/mol. The topological polar surface area (TPSA) is 105 Å². The Balaban J connectivity index is 1.45. The molecular formula is C20H22F2N4O4S. The molecule has 0 radical (unpaired) electrons. The van der Waals surface area contributed by atoms with Gasteiger partial charge in [0.15, 0.2) is 0 Å². The zero-order valence-corrected chi connectivity index (χ0v) is 17.4. The maximum absolute atomic E-state index is 12.6. The highest BCUT2D eigenvalue weighted by atomic mass is 32.1. The number of benzene rings is 1. The van der Waals surface area contributed by atoms with Gasteiger partial charge in [0.05, 0.1) is 5.56 Å². The molecule has 3 amide bonds. The van der Waals surface area contributed by atoms with E-state index in [0.29, 0.717) is 37.7 Å². The van der Waals surface area contributed by atoms with Crippen LogP contribution in [0, 0.1) is 0 Å². The molecule has 1 aliphatic heterocycles. The summed E-state index contributed by atoms with van der Waals surface area (Å²) in [6, 6.07) is 7.29. The van der Waals surface area contributed by atoms with Gasteiger partial charge in [-0.05, 0) is 29.6 Å². The lowest BCUT2D eigenvalue weighted by atomic mass is 10.1. The summed E-state index contributed by atoms with van der Waals surface area (Å²) in [5.74, 6) is -1.13. The molecule has 11 heteroatoms. The van der Waals surface area contributed by atoms with Gasteiger partial charge in [0.1, 0.15) is 10.8 Å². The molecule has 0 unspecified atom stereocenters. The smallest absolute Gasteiger partial charge is 0.387 e. The van der Waals surface area contributed by atoms with Crippen molar-refractivity contribution in [3.05, 3.63) is 46.8 Å². The second-order valence-electron chi connectivity index (χ2n) is 6.87. The third-order valence-corrected chi connectivity index (χ3v) is 5.63. The number of nitrogens with zero attached hydrogens (tertiary/aromatic N) is 2. The Kier molecular flexibility index (Phi) is 7.53. The van der Waals surface area contributed by atoms with Crippen LogP contribution >= 0.6 is 11.3 Å². The molecule has 1 aromatic carbocycles. The Morgan fingerprint density at radius 3 is 2.58 bits per heavy atom. The molecule has 8 nitrogen and oxygen atoms in total. The molecule has 0 spiro atoms. The molecule has 1 aliphatic rings. The van der Waals surface area contributed by atoms with Crippen molar-refractivity contribution < 1.29 is 27.9 Å². The predicted molar refractivity (Wildman–Crippen MR) is 112 cm³/mol. The number of hydrogen-bond acceptors (Lipinski definition) is 6. The van der Waals surface area contributed by atoms with Crippen LogP contribution in [0.5, 0.6) is 5.75 Å². The van der Waals surface area contributed by atoms with Gasteiger partial charge in [-0.3, -0.25) is 19.3 Å². The minimum Gasteiger partial charge on any atom is -0.435 e. The van der Waals surface area contributed by atoms with Gasteiger partial charge < -0.3 is 20.7 Å². The number of nitrogens with one attached hydrogen (secondary N) is 1. The number of anilines is 1. The first-order chi connectivity index (χ1) is 14.8. The van der Waals surface area contributed by atoms with Gasteiger partial charge in [-0.25, -0.2) is 0 Å². The quantitative estimate of drug-likeness (QED) is 0.639. The molecule has 1 aromatic heterocycles. The van der Waals surface area contributed by atoms with E-state index in [9.17, 15) is 23.2 Å². The monoisotopic (exact) mass is 452 g/mol. The van der Waals surface area contributed by atoms with Crippen LogP contribution in [0.1, 0.15) is 27.1 Å². The van der Waals surface area contributed by atoms with Crippen LogP contribution in [0.25, 0.3) is 0 Å². The summed E-state index contributed by atoms with van der Waals surface area (Å²) in [6.45, 7) is -0.375. The second-order valence-corrected chi connectivity index (χ2v) is 7.78. The van der Waals surface area contributed by atoms with Crippen LogP contribution < -0.4 is 15.8 Å². The van der Waals surface area contributed by atoms with Crippen molar-refractivity contribution in [2.45, 2.75) is 13.0 Å². The summed E-state index contributed by atoms with van der Waals surface area (Å²) in [5, 5.41) is 4.82. The Morgan fingerprint density at radius 2 is 1.90 bits per heavy atom. The number of nitrogens with two attached hydrogens (primary N) is 1.